The minimum atomic E-state index is -0.465. The van der Waals surface area contributed by atoms with Crippen molar-refractivity contribution in [2.75, 3.05) is 19.6 Å². The van der Waals surface area contributed by atoms with Crippen molar-refractivity contribution in [1.29, 1.82) is 0 Å². The van der Waals surface area contributed by atoms with Crippen molar-refractivity contribution in [2.24, 2.45) is 11.1 Å². The average Bonchev–Trinajstić information content (AvgIpc) is 2.27. The lowest BCUT2D eigenvalue weighted by Crippen LogP contribution is -2.44. The Balaban J connectivity index is 2.50. The molecule has 0 aliphatic carbocycles. The van der Waals surface area contributed by atoms with Gasteiger partial charge in [-0.25, -0.2) is 0 Å². The molecule has 3 N–H and O–H groups in total. The SMILES string of the molecule is CC(N)C(C)(C)CN1CCCC(C)(O)CC1. The Morgan fingerprint density at radius 1 is 1.38 bits per heavy atom. The Labute approximate surface area is 100 Å². The predicted molar refractivity (Wildman–Crippen MR) is 68.3 cm³/mol. The van der Waals surface area contributed by atoms with E-state index in [2.05, 4.69) is 25.7 Å². The van der Waals surface area contributed by atoms with E-state index in [1.54, 1.807) is 0 Å². The summed E-state index contributed by atoms with van der Waals surface area (Å²) in [6.45, 7) is 11.6. The number of nitrogens with two attached hydrogens (primary N) is 1. The molecular weight excluding hydrogens is 200 g/mol. The molecule has 0 aromatic carbocycles. The molecule has 1 saturated heterocycles. The third-order valence-corrected chi connectivity index (χ3v) is 4.02. The van der Waals surface area contributed by atoms with Crippen LogP contribution in [-0.2, 0) is 0 Å². The van der Waals surface area contributed by atoms with Crippen LogP contribution in [-0.4, -0.2) is 41.3 Å². The molecule has 96 valence electrons. The van der Waals surface area contributed by atoms with Gasteiger partial charge in [-0.15, -0.1) is 0 Å². The molecule has 2 atom stereocenters. The van der Waals surface area contributed by atoms with Gasteiger partial charge in [0, 0.05) is 19.1 Å². The lowest BCUT2D eigenvalue weighted by Gasteiger charge is -2.35. The Hall–Kier alpha value is -0.120. The van der Waals surface area contributed by atoms with E-state index in [4.69, 9.17) is 5.73 Å². The van der Waals surface area contributed by atoms with Crippen molar-refractivity contribution in [3.05, 3.63) is 0 Å². The second kappa shape index (κ2) is 5.03. The molecule has 0 aromatic heterocycles. The molecule has 1 aliphatic rings. The van der Waals surface area contributed by atoms with Crippen molar-refractivity contribution in [3.8, 4) is 0 Å². The Morgan fingerprint density at radius 2 is 2.00 bits per heavy atom. The zero-order chi connectivity index (χ0) is 12.4. The van der Waals surface area contributed by atoms with Gasteiger partial charge in [-0.3, -0.25) is 0 Å². The van der Waals surface area contributed by atoms with Gasteiger partial charge in [-0.05, 0) is 45.1 Å². The zero-order valence-corrected chi connectivity index (χ0v) is 11.3. The molecule has 0 bridgehead atoms. The highest BCUT2D eigenvalue weighted by molar-refractivity contribution is 4.85. The standard InChI is InChI=1S/C13H28N2O/c1-11(14)12(2,3)10-15-8-5-6-13(4,16)7-9-15/h11,16H,5-10,14H2,1-4H3. The highest BCUT2D eigenvalue weighted by Gasteiger charge is 2.29. The summed E-state index contributed by atoms with van der Waals surface area (Å²) in [5.74, 6) is 0. The van der Waals surface area contributed by atoms with Crippen LogP contribution in [0.1, 0.15) is 47.0 Å². The van der Waals surface area contributed by atoms with E-state index in [9.17, 15) is 5.11 Å². The van der Waals surface area contributed by atoms with Gasteiger partial charge in [0.25, 0.3) is 0 Å². The quantitative estimate of drug-likeness (QED) is 0.771. The topological polar surface area (TPSA) is 49.5 Å². The summed E-state index contributed by atoms with van der Waals surface area (Å²) in [4.78, 5) is 2.45. The van der Waals surface area contributed by atoms with Crippen molar-refractivity contribution in [1.82, 2.24) is 4.90 Å². The third-order valence-electron chi connectivity index (χ3n) is 4.02. The average molecular weight is 228 g/mol. The van der Waals surface area contributed by atoms with E-state index in [1.807, 2.05) is 6.92 Å². The van der Waals surface area contributed by atoms with E-state index in [-0.39, 0.29) is 11.5 Å². The highest BCUT2D eigenvalue weighted by atomic mass is 16.3. The summed E-state index contributed by atoms with van der Waals surface area (Å²) in [5.41, 5.74) is 5.69. The lowest BCUT2D eigenvalue weighted by atomic mass is 9.85. The maximum Gasteiger partial charge on any atom is 0.0632 e. The number of likely N-dealkylation sites (tertiary alicyclic amines) is 1. The molecule has 1 heterocycles. The molecule has 1 aliphatic heterocycles. The molecular formula is C13H28N2O. The maximum absolute atomic E-state index is 10.0. The van der Waals surface area contributed by atoms with Gasteiger partial charge < -0.3 is 15.7 Å². The van der Waals surface area contributed by atoms with Crippen LogP contribution < -0.4 is 5.73 Å². The van der Waals surface area contributed by atoms with Crippen molar-refractivity contribution < 1.29 is 5.11 Å². The molecule has 0 spiro atoms. The fourth-order valence-corrected chi connectivity index (χ4v) is 2.20. The highest BCUT2D eigenvalue weighted by Crippen LogP contribution is 2.25. The van der Waals surface area contributed by atoms with Crippen LogP contribution in [0.3, 0.4) is 0 Å². The van der Waals surface area contributed by atoms with E-state index >= 15 is 0 Å². The Bertz CT molecular complexity index is 224. The van der Waals surface area contributed by atoms with Crippen LogP contribution in [0.4, 0.5) is 0 Å². The lowest BCUT2D eigenvalue weighted by molar-refractivity contribution is 0.0429. The minimum absolute atomic E-state index is 0.149. The third kappa shape index (κ3) is 4.04. The number of aliphatic hydroxyl groups is 1. The normalized spacial score (nSPS) is 31.1. The zero-order valence-electron chi connectivity index (χ0n) is 11.3. The van der Waals surface area contributed by atoms with Gasteiger partial charge >= 0.3 is 0 Å². The molecule has 0 radical (unpaired) electrons. The van der Waals surface area contributed by atoms with Crippen LogP contribution >= 0.6 is 0 Å². The fourth-order valence-electron chi connectivity index (χ4n) is 2.20. The molecule has 0 aromatic rings. The van der Waals surface area contributed by atoms with E-state index in [1.165, 1.54) is 0 Å². The molecule has 1 rings (SSSR count). The molecule has 16 heavy (non-hydrogen) atoms. The first-order chi connectivity index (χ1) is 7.23. The molecule has 3 heteroatoms. The van der Waals surface area contributed by atoms with Crippen LogP contribution in [0.25, 0.3) is 0 Å². The smallest absolute Gasteiger partial charge is 0.0632 e. The van der Waals surface area contributed by atoms with Gasteiger partial charge in [0.15, 0.2) is 0 Å². The molecule has 1 fully saturated rings. The summed E-state index contributed by atoms with van der Waals surface area (Å²) in [5, 5.41) is 10.0. The summed E-state index contributed by atoms with van der Waals surface area (Å²) in [7, 11) is 0. The van der Waals surface area contributed by atoms with E-state index in [0.717, 1.165) is 38.9 Å². The maximum atomic E-state index is 10.0. The van der Waals surface area contributed by atoms with Gasteiger partial charge in [0.1, 0.15) is 0 Å². The number of nitrogens with zero attached hydrogens (tertiary/aromatic N) is 1. The Kier molecular flexibility index (Phi) is 4.38. The molecule has 0 saturated carbocycles. The number of rotatable bonds is 3. The van der Waals surface area contributed by atoms with Gasteiger partial charge in [-0.1, -0.05) is 13.8 Å². The fraction of sp³-hybridized carbons (Fsp3) is 1.00. The largest absolute Gasteiger partial charge is 0.390 e. The van der Waals surface area contributed by atoms with Crippen LogP contribution in [0, 0.1) is 5.41 Å². The predicted octanol–water partition coefficient (Wildman–Crippen LogP) is 1.60. The van der Waals surface area contributed by atoms with Gasteiger partial charge in [-0.2, -0.15) is 0 Å². The van der Waals surface area contributed by atoms with Crippen molar-refractivity contribution in [2.45, 2.75) is 58.6 Å². The van der Waals surface area contributed by atoms with Gasteiger partial charge in [0.05, 0.1) is 5.60 Å². The summed E-state index contributed by atoms with van der Waals surface area (Å²) in [6, 6.07) is 0.205. The molecule has 2 unspecified atom stereocenters. The van der Waals surface area contributed by atoms with E-state index in [0.29, 0.717) is 0 Å². The summed E-state index contributed by atoms with van der Waals surface area (Å²) >= 11 is 0. The summed E-state index contributed by atoms with van der Waals surface area (Å²) in [6.07, 6.45) is 2.88. The number of hydrogen-bond donors (Lipinski definition) is 2. The van der Waals surface area contributed by atoms with Crippen molar-refractivity contribution >= 4 is 0 Å². The van der Waals surface area contributed by atoms with Crippen LogP contribution in [0.2, 0.25) is 0 Å². The minimum Gasteiger partial charge on any atom is -0.390 e. The van der Waals surface area contributed by atoms with Crippen molar-refractivity contribution in [3.63, 3.8) is 0 Å². The first-order valence-corrected chi connectivity index (χ1v) is 6.43. The first kappa shape index (κ1) is 13.9. The summed E-state index contributed by atoms with van der Waals surface area (Å²) < 4.78 is 0. The first-order valence-electron chi connectivity index (χ1n) is 6.43. The van der Waals surface area contributed by atoms with Crippen LogP contribution in [0.15, 0.2) is 0 Å². The van der Waals surface area contributed by atoms with E-state index < -0.39 is 5.60 Å². The van der Waals surface area contributed by atoms with Crippen LogP contribution in [0.5, 0.6) is 0 Å². The monoisotopic (exact) mass is 228 g/mol. The second-order valence-corrected chi connectivity index (χ2v) is 6.40. The molecule has 0 amide bonds. The van der Waals surface area contributed by atoms with Gasteiger partial charge in [0.2, 0.25) is 0 Å². The molecule has 3 nitrogen and oxygen atoms in total. The Morgan fingerprint density at radius 3 is 2.56 bits per heavy atom. The number of hydrogen-bond acceptors (Lipinski definition) is 3. The second-order valence-electron chi connectivity index (χ2n) is 6.40.